The number of nitrogens with zero attached hydrogens (tertiary/aromatic N) is 4. The zero-order valence-electron chi connectivity index (χ0n) is 15.1. The van der Waals surface area contributed by atoms with Crippen molar-refractivity contribution < 1.29 is 18.2 Å². The molecular formula is C19H19FN4O3. The number of carbonyl (C=O) groups excluding carboxylic acids is 1. The third kappa shape index (κ3) is 3.22. The van der Waals surface area contributed by atoms with Crippen molar-refractivity contribution >= 4 is 5.91 Å². The Morgan fingerprint density at radius 3 is 2.70 bits per heavy atom. The molecular weight excluding hydrogens is 351 g/mol. The molecule has 2 aromatic heterocycles. The Hall–Kier alpha value is -3.03. The van der Waals surface area contributed by atoms with E-state index in [9.17, 15) is 4.79 Å². The number of aromatic nitrogens is 3. The van der Waals surface area contributed by atoms with Crippen LogP contribution in [0.4, 0.5) is 4.39 Å². The van der Waals surface area contributed by atoms with Gasteiger partial charge in [0, 0.05) is 24.1 Å². The van der Waals surface area contributed by atoms with E-state index < -0.39 is 5.67 Å². The molecule has 1 fully saturated rings. The van der Waals surface area contributed by atoms with Crippen LogP contribution in [-0.4, -0.2) is 39.2 Å². The average molecular weight is 370 g/mol. The Kier molecular flexibility index (Phi) is 4.25. The molecule has 8 heteroatoms. The summed E-state index contributed by atoms with van der Waals surface area (Å²) in [7, 11) is 0. The minimum Gasteiger partial charge on any atom is -0.361 e. The molecule has 140 valence electrons. The maximum absolute atomic E-state index is 15.4. The fraction of sp³-hybridized carbons (Fsp3) is 0.368. The summed E-state index contributed by atoms with van der Waals surface area (Å²) in [6.45, 7) is 3.73. The third-order valence-corrected chi connectivity index (χ3v) is 4.92. The van der Waals surface area contributed by atoms with Gasteiger partial charge in [0.25, 0.3) is 5.89 Å². The summed E-state index contributed by atoms with van der Waals surface area (Å²) < 4.78 is 25.7. The Bertz CT molecular complexity index is 949. The zero-order valence-corrected chi connectivity index (χ0v) is 15.1. The average Bonchev–Trinajstić information content (AvgIpc) is 3.39. The molecule has 1 aliphatic heterocycles. The van der Waals surface area contributed by atoms with Crippen LogP contribution in [-0.2, 0) is 16.9 Å². The highest BCUT2D eigenvalue weighted by molar-refractivity contribution is 5.79. The molecule has 0 N–H and O–H groups in total. The molecule has 0 spiro atoms. The predicted molar refractivity (Wildman–Crippen MR) is 93.4 cm³/mol. The van der Waals surface area contributed by atoms with E-state index in [1.165, 1.54) is 4.90 Å². The molecule has 1 aliphatic rings. The molecule has 27 heavy (non-hydrogen) atoms. The summed E-state index contributed by atoms with van der Waals surface area (Å²) in [4.78, 5) is 18.3. The van der Waals surface area contributed by atoms with Gasteiger partial charge in [-0.15, -0.1) is 0 Å². The van der Waals surface area contributed by atoms with Gasteiger partial charge in [-0.25, -0.2) is 4.39 Å². The number of likely N-dealkylation sites (tertiary alicyclic amines) is 1. The molecule has 1 aromatic carbocycles. The fourth-order valence-electron chi connectivity index (χ4n) is 3.29. The summed E-state index contributed by atoms with van der Waals surface area (Å²) in [5, 5.41) is 7.73. The van der Waals surface area contributed by atoms with Gasteiger partial charge in [0.05, 0.1) is 18.7 Å². The summed E-state index contributed by atoms with van der Waals surface area (Å²) in [6, 6.07) is 9.23. The van der Waals surface area contributed by atoms with Crippen LogP contribution in [0.2, 0.25) is 0 Å². The lowest BCUT2D eigenvalue weighted by Gasteiger charge is -2.18. The van der Waals surface area contributed by atoms with Crippen molar-refractivity contribution in [1.29, 1.82) is 0 Å². The van der Waals surface area contributed by atoms with Crippen LogP contribution in [0.1, 0.15) is 29.3 Å². The molecule has 0 bridgehead atoms. The van der Waals surface area contributed by atoms with Crippen LogP contribution in [0.15, 0.2) is 39.4 Å². The van der Waals surface area contributed by atoms with Gasteiger partial charge in [-0.2, -0.15) is 4.98 Å². The first-order valence-corrected chi connectivity index (χ1v) is 8.74. The quantitative estimate of drug-likeness (QED) is 0.702. The molecule has 0 aliphatic carbocycles. The van der Waals surface area contributed by atoms with E-state index in [1.807, 2.05) is 30.3 Å². The summed E-state index contributed by atoms with van der Waals surface area (Å²) in [5.74, 6) is 0.680. The van der Waals surface area contributed by atoms with Crippen LogP contribution in [0, 0.1) is 13.8 Å². The molecule has 4 rings (SSSR count). The minimum absolute atomic E-state index is 0.0889. The molecule has 1 saturated heterocycles. The molecule has 1 unspecified atom stereocenters. The van der Waals surface area contributed by atoms with Crippen LogP contribution in [0.3, 0.4) is 0 Å². The Morgan fingerprint density at radius 2 is 2.00 bits per heavy atom. The van der Waals surface area contributed by atoms with E-state index in [-0.39, 0.29) is 31.2 Å². The van der Waals surface area contributed by atoms with Gasteiger partial charge >= 0.3 is 0 Å². The van der Waals surface area contributed by atoms with E-state index in [4.69, 9.17) is 9.05 Å². The molecule has 7 nitrogen and oxygen atoms in total. The second-order valence-electron chi connectivity index (χ2n) is 6.80. The number of rotatable bonds is 4. The van der Waals surface area contributed by atoms with Gasteiger partial charge < -0.3 is 13.9 Å². The molecule has 1 atom stereocenters. The van der Waals surface area contributed by atoms with E-state index >= 15 is 4.39 Å². The molecule has 0 saturated carbocycles. The SMILES string of the molecule is Cc1noc(C)c1CC(=O)N1CCC(F)(c2nc(-c3ccccc3)no2)C1. The topological polar surface area (TPSA) is 85.3 Å². The molecule has 3 heterocycles. The number of alkyl halides is 1. The van der Waals surface area contributed by atoms with Gasteiger partial charge in [0.1, 0.15) is 5.76 Å². The Morgan fingerprint density at radius 1 is 1.22 bits per heavy atom. The zero-order chi connectivity index (χ0) is 19.0. The lowest BCUT2D eigenvalue weighted by Crippen LogP contribution is -2.33. The Balaban J connectivity index is 1.48. The number of halogens is 1. The lowest BCUT2D eigenvalue weighted by atomic mass is 10.1. The monoisotopic (exact) mass is 370 g/mol. The standard InChI is InChI=1S/C19H19FN4O3/c1-12-15(13(2)26-22-12)10-16(25)24-9-8-19(20,11-24)18-21-17(23-27-18)14-6-4-3-5-7-14/h3-7H,8-11H2,1-2H3. The van der Waals surface area contributed by atoms with Gasteiger partial charge in [-0.3, -0.25) is 4.79 Å². The molecule has 0 radical (unpaired) electrons. The van der Waals surface area contributed by atoms with Crippen molar-refractivity contribution in [1.82, 2.24) is 20.2 Å². The maximum atomic E-state index is 15.4. The van der Waals surface area contributed by atoms with E-state index in [1.54, 1.807) is 13.8 Å². The molecule has 3 aromatic rings. The maximum Gasteiger partial charge on any atom is 0.266 e. The first-order valence-electron chi connectivity index (χ1n) is 8.74. The largest absolute Gasteiger partial charge is 0.361 e. The van der Waals surface area contributed by atoms with Crippen LogP contribution in [0.25, 0.3) is 11.4 Å². The van der Waals surface area contributed by atoms with Crippen molar-refractivity contribution in [3.63, 3.8) is 0 Å². The normalized spacial score (nSPS) is 19.6. The highest BCUT2D eigenvalue weighted by Gasteiger charge is 2.46. The third-order valence-electron chi connectivity index (χ3n) is 4.92. The fourth-order valence-corrected chi connectivity index (χ4v) is 3.29. The molecule has 1 amide bonds. The second kappa shape index (κ2) is 6.61. The highest BCUT2D eigenvalue weighted by atomic mass is 19.1. The predicted octanol–water partition coefficient (Wildman–Crippen LogP) is 2.98. The first-order chi connectivity index (χ1) is 13.0. The summed E-state index contributed by atoms with van der Waals surface area (Å²) >= 11 is 0. The van der Waals surface area contributed by atoms with Crippen molar-refractivity contribution in [3.8, 4) is 11.4 Å². The van der Waals surface area contributed by atoms with Gasteiger partial charge in [0.15, 0.2) is 0 Å². The number of aryl methyl sites for hydroxylation is 2. The number of benzene rings is 1. The van der Waals surface area contributed by atoms with Crippen LogP contribution < -0.4 is 0 Å². The van der Waals surface area contributed by atoms with Crippen molar-refractivity contribution in [2.45, 2.75) is 32.4 Å². The van der Waals surface area contributed by atoms with Crippen molar-refractivity contribution in [3.05, 3.63) is 53.2 Å². The van der Waals surface area contributed by atoms with E-state index in [0.29, 0.717) is 23.8 Å². The summed E-state index contributed by atoms with van der Waals surface area (Å²) in [6.07, 6.45) is 0.257. The number of amides is 1. The van der Waals surface area contributed by atoms with Gasteiger partial charge in [-0.1, -0.05) is 40.6 Å². The first kappa shape index (κ1) is 17.4. The highest BCUT2D eigenvalue weighted by Crippen LogP contribution is 2.36. The van der Waals surface area contributed by atoms with Gasteiger partial charge in [0.2, 0.25) is 17.4 Å². The number of carbonyl (C=O) groups is 1. The van der Waals surface area contributed by atoms with Crippen LogP contribution >= 0.6 is 0 Å². The minimum atomic E-state index is -1.84. The second-order valence-corrected chi connectivity index (χ2v) is 6.80. The summed E-state index contributed by atoms with van der Waals surface area (Å²) in [5.41, 5.74) is 0.339. The van der Waals surface area contributed by atoms with Crippen molar-refractivity contribution in [2.24, 2.45) is 0 Å². The van der Waals surface area contributed by atoms with Gasteiger partial charge in [-0.05, 0) is 13.8 Å². The number of hydrogen-bond donors (Lipinski definition) is 0. The van der Waals surface area contributed by atoms with Crippen molar-refractivity contribution in [2.75, 3.05) is 13.1 Å². The van der Waals surface area contributed by atoms with E-state index in [0.717, 1.165) is 11.1 Å². The number of hydrogen-bond acceptors (Lipinski definition) is 6. The van der Waals surface area contributed by atoms with E-state index in [2.05, 4.69) is 15.3 Å². The lowest BCUT2D eigenvalue weighted by molar-refractivity contribution is -0.130. The Labute approximate surface area is 155 Å². The smallest absolute Gasteiger partial charge is 0.266 e. The van der Waals surface area contributed by atoms with Crippen LogP contribution in [0.5, 0.6) is 0 Å².